The molecule has 0 aliphatic heterocycles. The van der Waals surface area contributed by atoms with Gasteiger partial charge in [-0.3, -0.25) is 9.59 Å². The maximum Gasteiger partial charge on any atom is 0.265 e. The number of hydrogen-bond acceptors (Lipinski definition) is 3. The van der Waals surface area contributed by atoms with Crippen LogP contribution in [0.2, 0.25) is 0 Å². The van der Waals surface area contributed by atoms with Crippen LogP contribution in [0.1, 0.15) is 48.7 Å². The quantitative estimate of drug-likeness (QED) is 0.768. The number of aryl methyl sites for hydroxylation is 2. The molecule has 0 aliphatic rings. The molecule has 0 heterocycles. The Labute approximate surface area is 161 Å². The first-order valence-corrected chi connectivity index (χ1v) is 9.26. The van der Waals surface area contributed by atoms with E-state index in [2.05, 4.69) is 10.6 Å². The summed E-state index contributed by atoms with van der Waals surface area (Å²) in [5.74, 6) is 0.305. The summed E-state index contributed by atoms with van der Waals surface area (Å²) in [6.45, 7) is 9.58. The Morgan fingerprint density at radius 2 is 1.67 bits per heavy atom. The molecule has 0 spiro atoms. The zero-order valence-corrected chi connectivity index (χ0v) is 16.6. The van der Waals surface area contributed by atoms with Crippen molar-refractivity contribution in [3.8, 4) is 5.75 Å². The van der Waals surface area contributed by atoms with E-state index in [1.807, 2.05) is 45.9 Å². The molecule has 0 bridgehead atoms. The molecule has 0 saturated carbocycles. The highest BCUT2D eigenvalue weighted by Gasteiger charge is 2.17. The lowest BCUT2D eigenvalue weighted by Crippen LogP contribution is -2.32. The first kappa shape index (κ1) is 20.5. The molecule has 2 N–H and O–H groups in total. The van der Waals surface area contributed by atoms with E-state index in [4.69, 9.17) is 4.74 Å². The average Bonchev–Trinajstić information content (AvgIpc) is 2.64. The van der Waals surface area contributed by atoms with E-state index in [0.29, 0.717) is 11.3 Å². The highest BCUT2D eigenvalue weighted by Crippen LogP contribution is 2.24. The van der Waals surface area contributed by atoms with Gasteiger partial charge < -0.3 is 15.4 Å². The van der Waals surface area contributed by atoms with Gasteiger partial charge in [-0.05, 0) is 63.4 Å². The van der Waals surface area contributed by atoms with Crippen LogP contribution in [-0.4, -0.2) is 24.0 Å². The Bertz CT molecular complexity index is 797. The maximum absolute atomic E-state index is 12.5. The van der Waals surface area contributed by atoms with Crippen LogP contribution in [-0.2, 0) is 4.79 Å². The number of carbonyl (C=O) groups is 2. The van der Waals surface area contributed by atoms with Crippen LogP contribution in [0.15, 0.2) is 42.5 Å². The molecular weight excluding hydrogens is 340 g/mol. The lowest BCUT2D eigenvalue weighted by atomic mass is 10.1. The fraction of sp³-hybridized carbons (Fsp3) is 0.364. The Hall–Kier alpha value is -2.82. The summed E-state index contributed by atoms with van der Waals surface area (Å²) in [7, 11) is 0. The molecule has 5 heteroatoms. The molecule has 0 aliphatic carbocycles. The molecule has 0 aromatic heterocycles. The molecule has 2 atom stereocenters. The van der Waals surface area contributed by atoms with Gasteiger partial charge in [-0.1, -0.05) is 31.2 Å². The van der Waals surface area contributed by atoms with Gasteiger partial charge in [0.15, 0.2) is 6.10 Å². The van der Waals surface area contributed by atoms with Gasteiger partial charge in [0.25, 0.3) is 11.8 Å². The monoisotopic (exact) mass is 368 g/mol. The van der Waals surface area contributed by atoms with Gasteiger partial charge in [-0.2, -0.15) is 0 Å². The molecule has 2 unspecified atom stereocenters. The van der Waals surface area contributed by atoms with Crippen LogP contribution < -0.4 is 15.4 Å². The van der Waals surface area contributed by atoms with Crippen LogP contribution in [0.25, 0.3) is 0 Å². The number of benzene rings is 2. The number of anilines is 1. The van der Waals surface area contributed by atoms with E-state index in [9.17, 15) is 9.59 Å². The van der Waals surface area contributed by atoms with Crippen LogP contribution >= 0.6 is 0 Å². The Morgan fingerprint density at radius 1 is 1.04 bits per heavy atom. The van der Waals surface area contributed by atoms with Crippen molar-refractivity contribution < 1.29 is 14.3 Å². The topological polar surface area (TPSA) is 67.4 Å². The van der Waals surface area contributed by atoms with E-state index in [-0.39, 0.29) is 17.9 Å². The standard InChI is InChI=1S/C22H28N2O3/c1-6-16(4)23-22(26)18-11-8-12-19(13-18)24-21(25)17(5)27-20-14(2)9-7-10-15(20)3/h7-13,16-17H,6H2,1-5H3,(H,23,26)(H,24,25). The van der Waals surface area contributed by atoms with Crippen molar-refractivity contribution in [2.24, 2.45) is 0 Å². The molecule has 0 fully saturated rings. The second kappa shape index (κ2) is 9.21. The highest BCUT2D eigenvalue weighted by molar-refractivity contribution is 5.98. The Morgan fingerprint density at radius 3 is 2.30 bits per heavy atom. The number of nitrogens with one attached hydrogen (secondary N) is 2. The third-order valence-corrected chi connectivity index (χ3v) is 4.45. The molecule has 2 rings (SSSR count). The molecule has 2 amide bonds. The van der Waals surface area contributed by atoms with Gasteiger partial charge in [0, 0.05) is 17.3 Å². The molecule has 0 radical (unpaired) electrons. The lowest BCUT2D eigenvalue weighted by Gasteiger charge is -2.18. The Kier molecular flexibility index (Phi) is 6.99. The van der Waals surface area contributed by atoms with Crippen LogP contribution in [0.5, 0.6) is 5.75 Å². The van der Waals surface area contributed by atoms with E-state index in [1.54, 1.807) is 31.2 Å². The fourth-order valence-electron chi connectivity index (χ4n) is 2.61. The number of amides is 2. The van der Waals surface area contributed by atoms with E-state index < -0.39 is 6.10 Å². The minimum absolute atomic E-state index is 0.0986. The fourth-order valence-corrected chi connectivity index (χ4v) is 2.61. The number of rotatable bonds is 7. The second-order valence-electron chi connectivity index (χ2n) is 6.83. The number of ether oxygens (including phenoxy) is 1. The van der Waals surface area contributed by atoms with E-state index in [0.717, 1.165) is 23.3 Å². The predicted octanol–water partition coefficient (Wildman–Crippen LogP) is 4.24. The summed E-state index contributed by atoms with van der Waals surface area (Å²) in [6, 6.07) is 12.9. The van der Waals surface area contributed by atoms with E-state index in [1.165, 1.54) is 0 Å². The van der Waals surface area contributed by atoms with Gasteiger partial charge >= 0.3 is 0 Å². The van der Waals surface area contributed by atoms with Crippen molar-refractivity contribution in [1.29, 1.82) is 0 Å². The normalized spacial score (nSPS) is 12.8. The second-order valence-corrected chi connectivity index (χ2v) is 6.83. The first-order chi connectivity index (χ1) is 12.8. The van der Waals surface area contributed by atoms with Crippen molar-refractivity contribution in [2.75, 3.05) is 5.32 Å². The van der Waals surface area contributed by atoms with Gasteiger partial charge in [-0.15, -0.1) is 0 Å². The maximum atomic E-state index is 12.5. The average molecular weight is 368 g/mol. The van der Waals surface area contributed by atoms with Gasteiger partial charge in [0.1, 0.15) is 5.75 Å². The zero-order valence-electron chi connectivity index (χ0n) is 16.6. The number of hydrogen-bond donors (Lipinski definition) is 2. The molecule has 2 aromatic carbocycles. The van der Waals surface area contributed by atoms with Gasteiger partial charge in [0.2, 0.25) is 0 Å². The number of para-hydroxylation sites is 1. The zero-order chi connectivity index (χ0) is 20.0. The van der Waals surface area contributed by atoms with Crippen molar-refractivity contribution in [3.05, 3.63) is 59.2 Å². The third-order valence-electron chi connectivity index (χ3n) is 4.45. The predicted molar refractivity (Wildman–Crippen MR) is 108 cm³/mol. The third kappa shape index (κ3) is 5.58. The smallest absolute Gasteiger partial charge is 0.265 e. The number of carbonyl (C=O) groups excluding carboxylic acids is 2. The SMILES string of the molecule is CCC(C)NC(=O)c1cccc(NC(=O)C(C)Oc2c(C)cccc2C)c1. The molecular formula is C22H28N2O3. The first-order valence-electron chi connectivity index (χ1n) is 9.26. The molecule has 5 nitrogen and oxygen atoms in total. The summed E-state index contributed by atoms with van der Waals surface area (Å²) in [5, 5.41) is 5.74. The van der Waals surface area contributed by atoms with Crippen LogP contribution in [0, 0.1) is 13.8 Å². The minimum atomic E-state index is -0.664. The summed E-state index contributed by atoms with van der Waals surface area (Å²) >= 11 is 0. The lowest BCUT2D eigenvalue weighted by molar-refractivity contribution is -0.122. The van der Waals surface area contributed by atoms with Crippen molar-refractivity contribution in [1.82, 2.24) is 5.32 Å². The van der Waals surface area contributed by atoms with Gasteiger partial charge in [0.05, 0.1) is 0 Å². The highest BCUT2D eigenvalue weighted by atomic mass is 16.5. The minimum Gasteiger partial charge on any atom is -0.480 e. The molecule has 144 valence electrons. The van der Waals surface area contributed by atoms with Crippen LogP contribution in [0.3, 0.4) is 0 Å². The van der Waals surface area contributed by atoms with E-state index >= 15 is 0 Å². The summed E-state index contributed by atoms with van der Waals surface area (Å²) in [6.07, 6.45) is 0.192. The largest absolute Gasteiger partial charge is 0.480 e. The Balaban J connectivity index is 2.05. The summed E-state index contributed by atoms with van der Waals surface area (Å²) < 4.78 is 5.86. The van der Waals surface area contributed by atoms with Crippen molar-refractivity contribution >= 4 is 17.5 Å². The van der Waals surface area contributed by atoms with Gasteiger partial charge in [-0.25, -0.2) is 0 Å². The molecule has 27 heavy (non-hydrogen) atoms. The van der Waals surface area contributed by atoms with Crippen molar-refractivity contribution in [3.63, 3.8) is 0 Å². The summed E-state index contributed by atoms with van der Waals surface area (Å²) in [4.78, 5) is 24.8. The van der Waals surface area contributed by atoms with Crippen molar-refractivity contribution in [2.45, 2.75) is 53.2 Å². The molecule has 2 aromatic rings. The summed E-state index contributed by atoms with van der Waals surface area (Å²) in [5.41, 5.74) is 3.04. The molecule has 0 saturated heterocycles. The van der Waals surface area contributed by atoms with Crippen LogP contribution in [0.4, 0.5) is 5.69 Å².